The van der Waals surface area contributed by atoms with Gasteiger partial charge in [-0.25, -0.2) is 9.97 Å². The summed E-state index contributed by atoms with van der Waals surface area (Å²) in [6.45, 7) is 0. The fourth-order valence-electron chi connectivity index (χ4n) is 2.96. The van der Waals surface area contributed by atoms with Gasteiger partial charge in [-0.1, -0.05) is 28.1 Å². The summed E-state index contributed by atoms with van der Waals surface area (Å²) in [4.78, 5) is 34.3. The van der Waals surface area contributed by atoms with Crippen LogP contribution in [0.3, 0.4) is 0 Å². The number of fused-ring (bicyclic) bond motifs is 1. The van der Waals surface area contributed by atoms with Crippen molar-refractivity contribution in [1.82, 2.24) is 19.3 Å². The van der Waals surface area contributed by atoms with Crippen LogP contribution in [0.25, 0.3) is 21.5 Å². The lowest BCUT2D eigenvalue weighted by atomic mass is 10.1. The molecule has 1 N–H and O–H groups in total. The molecular formula is C19H16BrN5O2S. The van der Waals surface area contributed by atoms with Crippen LogP contribution in [0.15, 0.2) is 51.2 Å². The minimum absolute atomic E-state index is 0.0884. The van der Waals surface area contributed by atoms with Gasteiger partial charge >= 0.3 is 0 Å². The van der Waals surface area contributed by atoms with Crippen LogP contribution in [0.2, 0.25) is 0 Å². The Kier molecular flexibility index (Phi) is 4.86. The Morgan fingerprint density at radius 2 is 1.93 bits per heavy atom. The first-order chi connectivity index (χ1) is 13.4. The van der Waals surface area contributed by atoms with E-state index in [4.69, 9.17) is 0 Å². The van der Waals surface area contributed by atoms with E-state index in [-0.39, 0.29) is 23.8 Å². The van der Waals surface area contributed by atoms with Gasteiger partial charge in [0.2, 0.25) is 11.9 Å². The second-order valence-corrected chi connectivity index (χ2v) is 8.06. The Morgan fingerprint density at radius 1 is 1.18 bits per heavy atom. The molecule has 0 aliphatic carbocycles. The number of aryl methyl sites for hydroxylation is 1. The standard InChI is InChI=1S/C19H16BrN5O2S/c1-24-17(27)16-12(10-28-18(16)25(24)2)9-15(26)23-19-21-8-7-14(22-19)11-3-5-13(20)6-4-11/h3-8,10H,9H2,1-2H3,(H,21,22,23,26). The summed E-state index contributed by atoms with van der Waals surface area (Å²) in [6.07, 6.45) is 1.70. The van der Waals surface area contributed by atoms with E-state index in [9.17, 15) is 9.59 Å². The van der Waals surface area contributed by atoms with E-state index < -0.39 is 0 Å². The quantitative estimate of drug-likeness (QED) is 0.509. The van der Waals surface area contributed by atoms with Crippen molar-refractivity contribution in [1.29, 1.82) is 0 Å². The van der Waals surface area contributed by atoms with Gasteiger partial charge in [-0.15, -0.1) is 11.3 Å². The number of anilines is 1. The number of carbonyl (C=O) groups excluding carboxylic acids is 1. The molecule has 9 heteroatoms. The molecule has 0 saturated heterocycles. The number of aromatic nitrogens is 4. The molecule has 4 aromatic rings. The lowest BCUT2D eigenvalue weighted by Gasteiger charge is -2.06. The summed E-state index contributed by atoms with van der Waals surface area (Å²) in [5, 5.41) is 5.17. The molecule has 142 valence electrons. The Hall–Kier alpha value is -2.78. The highest BCUT2D eigenvalue weighted by Crippen LogP contribution is 2.24. The monoisotopic (exact) mass is 457 g/mol. The molecule has 0 fully saturated rings. The van der Waals surface area contributed by atoms with E-state index in [0.717, 1.165) is 14.9 Å². The zero-order valence-corrected chi connectivity index (χ0v) is 17.5. The summed E-state index contributed by atoms with van der Waals surface area (Å²) in [6, 6.07) is 9.52. The molecule has 1 aromatic carbocycles. The average molecular weight is 458 g/mol. The SMILES string of the molecule is Cn1c(=O)c2c(CC(=O)Nc3nccc(-c4ccc(Br)cc4)n3)csc2n1C. The lowest BCUT2D eigenvalue weighted by molar-refractivity contribution is -0.115. The molecule has 3 aromatic heterocycles. The highest BCUT2D eigenvalue weighted by molar-refractivity contribution is 9.10. The number of hydrogen-bond acceptors (Lipinski definition) is 5. The maximum atomic E-state index is 12.5. The third kappa shape index (κ3) is 3.38. The first-order valence-corrected chi connectivity index (χ1v) is 10.1. The minimum Gasteiger partial charge on any atom is -0.294 e. The molecule has 0 spiro atoms. The molecule has 0 bridgehead atoms. The number of thiophene rings is 1. The maximum Gasteiger partial charge on any atom is 0.275 e. The summed E-state index contributed by atoms with van der Waals surface area (Å²) in [5.74, 6) is -0.0311. The Bertz CT molecular complexity index is 1240. The predicted molar refractivity (Wildman–Crippen MR) is 114 cm³/mol. The summed E-state index contributed by atoms with van der Waals surface area (Å²) >= 11 is 4.86. The van der Waals surface area contributed by atoms with Crippen LogP contribution >= 0.6 is 27.3 Å². The highest BCUT2D eigenvalue weighted by atomic mass is 79.9. The molecule has 0 unspecified atom stereocenters. The molecule has 7 nitrogen and oxygen atoms in total. The Labute approximate surface area is 172 Å². The van der Waals surface area contributed by atoms with Crippen LogP contribution in [0.4, 0.5) is 5.95 Å². The van der Waals surface area contributed by atoms with Crippen LogP contribution in [0.5, 0.6) is 0 Å². The molecule has 3 heterocycles. The average Bonchev–Trinajstić information content (AvgIpc) is 3.18. The van der Waals surface area contributed by atoms with Crippen molar-refractivity contribution in [2.45, 2.75) is 6.42 Å². The van der Waals surface area contributed by atoms with Gasteiger partial charge in [-0.05, 0) is 29.1 Å². The van der Waals surface area contributed by atoms with Crippen molar-refractivity contribution in [2.24, 2.45) is 14.1 Å². The van der Waals surface area contributed by atoms with E-state index in [1.807, 2.05) is 36.7 Å². The number of nitrogens with zero attached hydrogens (tertiary/aromatic N) is 4. The maximum absolute atomic E-state index is 12.5. The molecule has 0 aliphatic heterocycles. The number of benzene rings is 1. The van der Waals surface area contributed by atoms with Gasteiger partial charge in [0.25, 0.3) is 5.56 Å². The smallest absolute Gasteiger partial charge is 0.275 e. The zero-order valence-electron chi connectivity index (χ0n) is 15.1. The van der Waals surface area contributed by atoms with Crippen molar-refractivity contribution in [3.63, 3.8) is 0 Å². The van der Waals surface area contributed by atoms with Crippen molar-refractivity contribution < 1.29 is 4.79 Å². The molecule has 0 radical (unpaired) electrons. The van der Waals surface area contributed by atoms with Gasteiger partial charge in [0.15, 0.2) is 0 Å². The predicted octanol–water partition coefficient (Wildman–Crippen LogP) is 3.34. The van der Waals surface area contributed by atoms with Gasteiger partial charge in [0, 0.05) is 30.3 Å². The van der Waals surface area contributed by atoms with E-state index in [1.165, 1.54) is 16.0 Å². The fourth-order valence-corrected chi connectivity index (χ4v) is 4.29. The number of rotatable bonds is 4. The molecule has 4 rings (SSSR count). The van der Waals surface area contributed by atoms with Gasteiger partial charge < -0.3 is 0 Å². The number of hydrogen-bond donors (Lipinski definition) is 1. The van der Waals surface area contributed by atoms with Gasteiger partial charge in [0.05, 0.1) is 17.5 Å². The minimum atomic E-state index is -0.265. The van der Waals surface area contributed by atoms with Crippen LogP contribution in [-0.2, 0) is 25.3 Å². The highest BCUT2D eigenvalue weighted by Gasteiger charge is 2.17. The van der Waals surface area contributed by atoms with E-state index in [2.05, 4.69) is 31.2 Å². The van der Waals surface area contributed by atoms with Gasteiger partial charge in [-0.3, -0.25) is 24.3 Å². The number of nitrogens with one attached hydrogen (secondary N) is 1. The van der Waals surface area contributed by atoms with Crippen LogP contribution in [0, 0.1) is 0 Å². The summed E-state index contributed by atoms with van der Waals surface area (Å²) in [7, 11) is 3.53. The largest absolute Gasteiger partial charge is 0.294 e. The summed E-state index contributed by atoms with van der Waals surface area (Å²) in [5.41, 5.74) is 2.25. The number of halogens is 1. The molecule has 0 atom stereocenters. The molecule has 28 heavy (non-hydrogen) atoms. The lowest BCUT2D eigenvalue weighted by Crippen LogP contribution is -2.19. The first kappa shape index (κ1) is 18.6. The third-order valence-electron chi connectivity index (χ3n) is 4.50. The van der Waals surface area contributed by atoms with E-state index >= 15 is 0 Å². The second kappa shape index (κ2) is 7.33. The molecule has 0 aliphatic rings. The molecular weight excluding hydrogens is 442 g/mol. The number of carbonyl (C=O) groups is 1. The third-order valence-corrected chi connectivity index (χ3v) is 6.12. The normalized spacial score (nSPS) is 11.1. The molecule has 1 amide bonds. The van der Waals surface area contributed by atoms with Crippen molar-refractivity contribution in [2.75, 3.05) is 5.32 Å². The van der Waals surface area contributed by atoms with E-state index in [0.29, 0.717) is 16.6 Å². The topological polar surface area (TPSA) is 81.8 Å². The van der Waals surface area contributed by atoms with Gasteiger partial charge in [0.1, 0.15) is 4.83 Å². The van der Waals surface area contributed by atoms with Crippen molar-refractivity contribution in [3.8, 4) is 11.3 Å². The molecule has 0 saturated carbocycles. The Balaban J connectivity index is 1.55. The fraction of sp³-hybridized carbons (Fsp3) is 0.158. The van der Waals surface area contributed by atoms with Crippen LogP contribution in [-0.4, -0.2) is 25.2 Å². The van der Waals surface area contributed by atoms with Crippen molar-refractivity contribution >= 4 is 49.3 Å². The summed E-state index contributed by atoms with van der Waals surface area (Å²) < 4.78 is 4.30. The Morgan fingerprint density at radius 3 is 2.68 bits per heavy atom. The van der Waals surface area contributed by atoms with Crippen molar-refractivity contribution in [3.05, 3.63) is 62.3 Å². The zero-order chi connectivity index (χ0) is 19.8. The van der Waals surface area contributed by atoms with E-state index in [1.54, 1.807) is 24.0 Å². The first-order valence-electron chi connectivity index (χ1n) is 8.45. The second-order valence-electron chi connectivity index (χ2n) is 6.29. The number of amides is 1. The van der Waals surface area contributed by atoms with Gasteiger partial charge in [-0.2, -0.15) is 0 Å². The van der Waals surface area contributed by atoms with Crippen LogP contribution < -0.4 is 10.9 Å². The van der Waals surface area contributed by atoms with Crippen LogP contribution in [0.1, 0.15) is 5.56 Å².